The Hall–Kier alpha value is -1.77. The molecule has 0 radical (unpaired) electrons. The van der Waals surface area contributed by atoms with Gasteiger partial charge in [0.15, 0.2) is 0 Å². The molecule has 0 saturated carbocycles. The SMILES string of the molecule is CCC(C)c1cc2ccc(C(=O)O)cn2c1. The van der Waals surface area contributed by atoms with E-state index in [2.05, 4.69) is 19.9 Å². The molecular formula is C13H15NO2. The molecule has 3 heteroatoms. The van der Waals surface area contributed by atoms with Crippen LogP contribution in [-0.2, 0) is 0 Å². The molecule has 3 nitrogen and oxygen atoms in total. The highest BCUT2D eigenvalue weighted by atomic mass is 16.4. The fourth-order valence-corrected chi connectivity index (χ4v) is 1.76. The predicted octanol–water partition coefficient (Wildman–Crippen LogP) is 3.15. The first kappa shape index (κ1) is 10.7. The Labute approximate surface area is 94.3 Å². The third kappa shape index (κ3) is 1.81. The van der Waals surface area contributed by atoms with Gasteiger partial charge in [0.1, 0.15) is 0 Å². The second-order valence-corrected chi connectivity index (χ2v) is 4.14. The van der Waals surface area contributed by atoms with Gasteiger partial charge in [-0.3, -0.25) is 0 Å². The summed E-state index contributed by atoms with van der Waals surface area (Å²) in [7, 11) is 0. The zero-order chi connectivity index (χ0) is 11.7. The largest absolute Gasteiger partial charge is 0.478 e. The molecule has 2 rings (SSSR count). The van der Waals surface area contributed by atoms with E-state index in [9.17, 15) is 4.79 Å². The normalized spacial score (nSPS) is 12.9. The Bertz CT molecular complexity index is 528. The lowest BCUT2D eigenvalue weighted by Crippen LogP contribution is -1.97. The number of fused-ring (bicyclic) bond motifs is 1. The number of carbonyl (C=O) groups is 1. The monoisotopic (exact) mass is 217 g/mol. The standard InChI is InChI=1S/C13H15NO2/c1-3-9(2)11-6-12-5-4-10(13(15)16)7-14(12)8-11/h4-9H,3H2,1-2H3,(H,15,16). The van der Waals surface area contributed by atoms with E-state index in [1.54, 1.807) is 12.3 Å². The Balaban J connectivity index is 2.49. The summed E-state index contributed by atoms with van der Waals surface area (Å²) in [5.41, 5.74) is 2.61. The van der Waals surface area contributed by atoms with Crippen LogP contribution in [-0.4, -0.2) is 15.5 Å². The summed E-state index contributed by atoms with van der Waals surface area (Å²) in [4.78, 5) is 10.8. The van der Waals surface area contributed by atoms with Crippen LogP contribution in [0.3, 0.4) is 0 Å². The number of rotatable bonds is 3. The molecule has 2 aromatic heterocycles. The lowest BCUT2D eigenvalue weighted by Gasteiger charge is -2.03. The van der Waals surface area contributed by atoms with Crippen molar-refractivity contribution in [3.05, 3.63) is 41.7 Å². The second-order valence-electron chi connectivity index (χ2n) is 4.14. The van der Waals surface area contributed by atoms with Crippen molar-refractivity contribution < 1.29 is 9.90 Å². The molecule has 0 aliphatic heterocycles. The number of carboxylic acid groups (broad SMARTS) is 1. The lowest BCUT2D eigenvalue weighted by atomic mass is 10.0. The van der Waals surface area contributed by atoms with E-state index in [4.69, 9.17) is 5.11 Å². The van der Waals surface area contributed by atoms with E-state index >= 15 is 0 Å². The first-order valence-corrected chi connectivity index (χ1v) is 5.46. The third-order valence-corrected chi connectivity index (χ3v) is 3.04. The van der Waals surface area contributed by atoms with Gasteiger partial charge < -0.3 is 9.51 Å². The molecule has 1 unspecified atom stereocenters. The fraction of sp³-hybridized carbons (Fsp3) is 0.308. The number of nitrogens with zero attached hydrogens (tertiary/aromatic N) is 1. The molecule has 2 heterocycles. The number of carboxylic acids is 1. The van der Waals surface area contributed by atoms with Gasteiger partial charge in [0, 0.05) is 17.9 Å². The topological polar surface area (TPSA) is 41.7 Å². The van der Waals surface area contributed by atoms with E-state index in [1.165, 1.54) is 5.56 Å². The third-order valence-electron chi connectivity index (χ3n) is 3.04. The number of pyridine rings is 1. The van der Waals surface area contributed by atoms with Gasteiger partial charge in [0.2, 0.25) is 0 Å². The quantitative estimate of drug-likeness (QED) is 0.858. The van der Waals surface area contributed by atoms with E-state index in [-0.39, 0.29) is 0 Å². The molecule has 0 saturated heterocycles. The van der Waals surface area contributed by atoms with Gasteiger partial charge in [0.05, 0.1) is 5.56 Å². The predicted molar refractivity (Wildman–Crippen MR) is 63.1 cm³/mol. The maximum atomic E-state index is 10.8. The zero-order valence-corrected chi connectivity index (χ0v) is 9.47. The molecule has 1 atom stereocenters. The zero-order valence-electron chi connectivity index (χ0n) is 9.47. The van der Waals surface area contributed by atoms with Crippen LogP contribution in [0.4, 0.5) is 0 Å². The van der Waals surface area contributed by atoms with Gasteiger partial charge in [-0.2, -0.15) is 0 Å². The summed E-state index contributed by atoms with van der Waals surface area (Å²) >= 11 is 0. The number of aromatic carboxylic acids is 1. The van der Waals surface area contributed by atoms with Crippen molar-refractivity contribution in [2.24, 2.45) is 0 Å². The van der Waals surface area contributed by atoms with Gasteiger partial charge in [-0.15, -0.1) is 0 Å². The van der Waals surface area contributed by atoms with Crippen molar-refractivity contribution in [2.45, 2.75) is 26.2 Å². The Morgan fingerprint density at radius 1 is 1.44 bits per heavy atom. The molecule has 0 aromatic carbocycles. The van der Waals surface area contributed by atoms with Crippen LogP contribution >= 0.6 is 0 Å². The molecule has 0 aliphatic carbocycles. The minimum absolute atomic E-state index is 0.318. The van der Waals surface area contributed by atoms with Crippen molar-refractivity contribution in [1.82, 2.24) is 4.40 Å². The van der Waals surface area contributed by atoms with Crippen LogP contribution in [0.15, 0.2) is 30.6 Å². The second kappa shape index (κ2) is 4.00. The molecule has 0 aliphatic rings. The van der Waals surface area contributed by atoms with E-state index in [0.29, 0.717) is 11.5 Å². The van der Waals surface area contributed by atoms with E-state index in [0.717, 1.165) is 11.9 Å². The first-order valence-electron chi connectivity index (χ1n) is 5.46. The van der Waals surface area contributed by atoms with Gasteiger partial charge in [0.25, 0.3) is 0 Å². The maximum Gasteiger partial charge on any atom is 0.337 e. The van der Waals surface area contributed by atoms with Gasteiger partial charge in [-0.1, -0.05) is 13.8 Å². The van der Waals surface area contributed by atoms with Crippen LogP contribution in [0.2, 0.25) is 0 Å². The first-order chi connectivity index (χ1) is 7.61. The lowest BCUT2D eigenvalue weighted by molar-refractivity contribution is 0.0696. The molecule has 0 fully saturated rings. The molecule has 16 heavy (non-hydrogen) atoms. The fourth-order valence-electron chi connectivity index (χ4n) is 1.76. The average molecular weight is 217 g/mol. The van der Waals surface area contributed by atoms with Gasteiger partial charge in [-0.25, -0.2) is 4.79 Å². The Morgan fingerprint density at radius 2 is 2.19 bits per heavy atom. The Morgan fingerprint density at radius 3 is 2.81 bits per heavy atom. The minimum atomic E-state index is -0.888. The smallest absolute Gasteiger partial charge is 0.337 e. The van der Waals surface area contributed by atoms with Crippen molar-refractivity contribution in [3.8, 4) is 0 Å². The number of aromatic nitrogens is 1. The Kier molecular flexibility index (Phi) is 2.69. The minimum Gasteiger partial charge on any atom is -0.478 e. The highest BCUT2D eigenvalue weighted by Gasteiger charge is 2.08. The summed E-state index contributed by atoms with van der Waals surface area (Å²) in [6, 6.07) is 5.59. The van der Waals surface area contributed by atoms with Crippen LogP contribution in [0.5, 0.6) is 0 Å². The number of hydrogen-bond acceptors (Lipinski definition) is 1. The molecule has 0 amide bonds. The van der Waals surface area contributed by atoms with Crippen molar-refractivity contribution in [2.75, 3.05) is 0 Å². The molecule has 0 spiro atoms. The van der Waals surface area contributed by atoms with Crippen LogP contribution < -0.4 is 0 Å². The molecule has 0 bridgehead atoms. The van der Waals surface area contributed by atoms with E-state index < -0.39 is 5.97 Å². The molecule has 84 valence electrons. The summed E-state index contributed by atoms with van der Waals surface area (Å²) in [5.74, 6) is -0.381. The highest BCUT2D eigenvalue weighted by Crippen LogP contribution is 2.22. The molecule has 2 aromatic rings. The van der Waals surface area contributed by atoms with Crippen LogP contribution in [0.1, 0.15) is 42.1 Å². The van der Waals surface area contributed by atoms with Crippen LogP contribution in [0, 0.1) is 0 Å². The average Bonchev–Trinajstić information content (AvgIpc) is 2.70. The van der Waals surface area contributed by atoms with Crippen molar-refractivity contribution >= 4 is 11.5 Å². The van der Waals surface area contributed by atoms with Crippen molar-refractivity contribution in [1.29, 1.82) is 0 Å². The summed E-state index contributed by atoms with van der Waals surface area (Å²) < 4.78 is 1.88. The van der Waals surface area contributed by atoms with Gasteiger partial charge >= 0.3 is 5.97 Å². The summed E-state index contributed by atoms with van der Waals surface area (Å²) in [6.45, 7) is 4.32. The molecule has 1 N–H and O–H groups in total. The highest BCUT2D eigenvalue weighted by molar-refractivity contribution is 5.87. The van der Waals surface area contributed by atoms with Crippen LogP contribution in [0.25, 0.3) is 5.52 Å². The van der Waals surface area contributed by atoms with Gasteiger partial charge in [-0.05, 0) is 36.1 Å². The molecular weight excluding hydrogens is 202 g/mol. The number of hydrogen-bond donors (Lipinski definition) is 1. The van der Waals surface area contributed by atoms with E-state index in [1.807, 2.05) is 16.7 Å². The maximum absolute atomic E-state index is 10.8. The van der Waals surface area contributed by atoms with Crippen molar-refractivity contribution in [3.63, 3.8) is 0 Å². The summed E-state index contributed by atoms with van der Waals surface area (Å²) in [6.07, 6.45) is 4.75. The summed E-state index contributed by atoms with van der Waals surface area (Å²) in [5, 5.41) is 8.89.